The number of carbonyl (C=O) groups excluding carboxylic acids is 1. The van der Waals surface area contributed by atoms with Gasteiger partial charge < -0.3 is 16.2 Å². The number of aliphatic carboxylic acids is 1. The zero-order chi connectivity index (χ0) is 13.7. The lowest BCUT2D eigenvalue weighted by Crippen LogP contribution is -2.14. The first-order valence-electron chi connectivity index (χ1n) is 5.05. The zero-order valence-electron chi connectivity index (χ0n) is 9.77. The van der Waals surface area contributed by atoms with Crippen molar-refractivity contribution in [1.82, 2.24) is 0 Å². The van der Waals surface area contributed by atoms with Crippen LogP contribution in [-0.2, 0) is 9.59 Å². The normalized spacial score (nSPS) is 9.32. The highest BCUT2D eigenvalue weighted by atomic mass is 35.5. The van der Waals surface area contributed by atoms with Gasteiger partial charge in [0.05, 0.1) is 11.4 Å². The summed E-state index contributed by atoms with van der Waals surface area (Å²) in [6, 6.07) is 4.51. The lowest BCUT2D eigenvalue weighted by molar-refractivity contribution is -0.138. The lowest BCUT2D eigenvalue weighted by Gasteiger charge is -2.07. The van der Waals surface area contributed by atoms with E-state index in [1.165, 1.54) is 12.1 Å². The quantitative estimate of drug-likeness (QED) is 0.490. The van der Waals surface area contributed by atoms with Gasteiger partial charge in [-0.15, -0.1) is 12.4 Å². The van der Waals surface area contributed by atoms with Crippen LogP contribution in [0.5, 0.6) is 0 Å². The van der Waals surface area contributed by atoms with E-state index in [0.29, 0.717) is 11.3 Å². The molecule has 19 heavy (non-hydrogen) atoms. The van der Waals surface area contributed by atoms with Gasteiger partial charge in [-0.1, -0.05) is 11.6 Å². The summed E-state index contributed by atoms with van der Waals surface area (Å²) < 4.78 is 0. The van der Waals surface area contributed by atoms with Crippen LogP contribution in [0.15, 0.2) is 18.2 Å². The maximum absolute atomic E-state index is 11.4. The molecule has 1 aromatic carbocycles. The van der Waals surface area contributed by atoms with E-state index in [-0.39, 0.29) is 36.1 Å². The van der Waals surface area contributed by atoms with Gasteiger partial charge in [0.1, 0.15) is 5.84 Å². The third-order valence-electron chi connectivity index (χ3n) is 2.11. The van der Waals surface area contributed by atoms with Gasteiger partial charge >= 0.3 is 5.97 Å². The number of amidine groups is 1. The first-order valence-corrected chi connectivity index (χ1v) is 5.43. The number of nitrogen functional groups attached to an aromatic ring is 1. The Labute approximate surface area is 120 Å². The summed E-state index contributed by atoms with van der Waals surface area (Å²) in [5.74, 6) is -1.61. The minimum atomic E-state index is -1.03. The largest absolute Gasteiger partial charge is 0.481 e. The van der Waals surface area contributed by atoms with Crippen LogP contribution in [0.1, 0.15) is 18.4 Å². The molecule has 0 heterocycles. The second-order valence-electron chi connectivity index (χ2n) is 3.55. The van der Waals surface area contributed by atoms with Gasteiger partial charge in [0, 0.05) is 17.7 Å². The summed E-state index contributed by atoms with van der Waals surface area (Å²) in [5.41, 5.74) is 6.10. The van der Waals surface area contributed by atoms with Crippen LogP contribution in [0.25, 0.3) is 0 Å². The Hall–Kier alpha value is -1.79. The molecule has 1 amide bonds. The monoisotopic (exact) mass is 305 g/mol. The molecule has 0 saturated carbocycles. The van der Waals surface area contributed by atoms with Crippen molar-refractivity contribution in [3.05, 3.63) is 28.8 Å². The third kappa shape index (κ3) is 5.58. The highest BCUT2D eigenvalue weighted by Crippen LogP contribution is 2.20. The van der Waals surface area contributed by atoms with Crippen molar-refractivity contribution in [3.8, 4) is 0 Å². The second kappa shape index (κ2) is 7.60. The molecule has 1 rings (SSSR count). The van der Waals surface area contributed by atoms with E-state index in [1.54, 1.807) is 6.07 Å². The van der Waals surface area contributed by atoms with Crippen molar-refractivity contribution in [2.75, 3.05) is 5.32 Å². The average Bonchev–Trinajstić information content (AvgIpc) is 2.26. The molecule has 6 nitrogen and oxygen atoms in total. The van der Waals surface area contributed by atoms with Crippen molar-refractivity contribution in [1.29, 1.82) is 5.41 Å². The molecule has 0 saturated heterocycles. The van der Waals surface area contributed by atoms with Crippen molar-refractivity contribution in [3.63, 3.8) is 0 Å². The van der Waals surface area contributed by atoms with E-state index >= 15 is 0 Å². The van der Waals surface area contributed by atoms with Crippen LogP contribution in [0, 0.1) is 5.41 Å². The van der Waals surface area contributed by atoms with Crippen LogP contribution in [0.2, 0.25) is 5.02 Å². The van der Waals surface area contributed by atoms with Gasteiger partial charge in [0.2, 0.25) is 5.91 Å². The predicted molar refractivity (Wildman–Crippen MR) is 75.2 cm³/mol. The molecule has 104 valence electrons. The minimum absolute atomic E-state index is 0. The molecule has 0 bridgehead atoms. The highest BCUT2D eigenvalue weighted by Gasteiger charge is 2.08. The smallest absolute Gasteiger partial charge is 0.303 e. The SMILES string of the molecule is Cl.N=C(N)c1ccc(NC(=O)CCC(=O)O)cc1Cl. The highest BCUT2D eigenvalue weighted by molar-refractivity contribution is 6.34. The summed E-state index contributed by atoms with van der Waals surface area (Å²) in [6.07, 6.45) is -0.341. The number of amides is 1. The fraction of sp³-hybridized carbons (Fsp3) is 0.182. The summed E-state index contributed by atoms with van der Waals surface area (Å²) in [7, 11) is 0. The van der Waals surface area contributed by atoms with Gasteiger partial charge in [-0.25, -0.2) is 0 Å². The molecular formula is C11H13Cl2N3O3. The molecular weight excluding hydrogens is 293 g/mol. The van der Waals surface area contributed by atoms with Crippen molar-refractivity contribution >= 4 is 47.4 Å². The molecule has 0 aliphatic rings. The van der Waals surface area contributed by atoms with Crippen molar-refractivity contribution < 1.29 is 14.7 Å². The molecule has 0 fully saturated rings. The number of carbonyl (C=O) groups is 2. The number of nitrogens with one attached hydrogen (secondary N) is 2. The number of nitrogens with two attached hydrogens (primary N) is 1. The Morgan fingerprint density at radius 2 is 2.00 bits per heavy atom. The zero-order valence-corrected chi connectivity index (χ0v) is 11.3. The number of hydrogen-bond acceptors (Lipinski definition) is 3. The number of rotatable bonds is 5. The molecule has 8 heteroatoms. The molecule has 0 aromatic heterocycles. The Bertz CT molecular complexity index is 506. The van der Waals surface area contributed by atoms with Gasteiger partial charge in [0.15, 0.2) is 0 Å². The van der Waals surface area contributed by atoms with Gasteiger partial charge in [-0.2, -0.15) is 0 Å². The van der Waals surface area contributed by atoms with Crippen LogP contribution in [0.4, 0.5) is 5.69 Å². The second-order valence-corrected chi connectivity index (χ2v) is 3.96. The van der Waals surface area contributed by atoms with E-state index in [1.807, 2.05) is 0 Å². The minimum Gasteiger partial charge on any atom is -0.481 e. The van der Waals surface area contributed by atoms with E-state index in [4.69, 9.17) is 27.9 Å². The van der Waals surface area contributed by atoms with Gasteiger partial charge in [0.25, 0.3) is 0 Å². The van der Waals surface area contributed by atoms with E-state index in [2.05, 4.69) is 5.32 Å². The molecule has 0 aliphatic carbocycles. The van der Waals surface area contributed by atoms with E-state index in [9.17, 15) is 9.59 Å². The van der Waals surface area contributed by atoms with Crippen LogP contribution in [-0.4, -0.2) is 22.8 Å². The average molecular weight is 306 g/mol. The van der Waals surface area contributed by atoms with Gasteiger partial charge in [-0.05, 0) is 18.2 Å². The fourth-order valence-corrected chi connectivity index (χ4v) is 1.54. The molecule has 5 N–H and O–H groups in total. The van der Waals surface area contributed by atoms with Gasteiger partial charge in [-0.3, -0.25) is 15.0 Å². The fourth-order valence-electron chi connectivity index (χ4n) is 1.26. The van der Waals surface area contributed by atoms with Crippen LogP contribution < -0.4 is 11.1 Å². The number of carboxylic acids is 1. The summed E-state index contributed by atoms with van der Waals surface area (Å²) in [6.45, 7) is 0. The molecule has 1 aromatic rings. The molecule has 0 unspecified atom stereocenters. The Balaban J connectivity index is 0.00000324. The number of carboxylic acid groups (broad SMARTS) is 1. The Morgan fingerprint density at radius 1 is 1.37 bits per heavy atom. The topological polar surface area (TPSA) is 116 Å². The third-order valence-corrected chi connectivity index (χ3v) is 2.42. The van der Waals surface area contributed by atoms with E-state index in [0.717, 1.165) is 0 Å². The number of benzene rings is 1. The predicted octanol–water partition coefficient (Wildman–Crippen LogP) is 1.85. The number of anilines is 1. The Morgan fingerprint density at radius 3 is 2.47 bits per heavy atom. The standard InChI is InChI=1S/C11H12ClN3O3.ClH/c12-8-5-6(1-2-7(8)11(13)14)15-9(16)3-4-10(17)18;/h1-2,5H,3-4H2,(H3,13,14)(H,15,16)(H,17,18);1H. The lowest BCUT2D eigenvalue weighted by atomic mass is 10.2. The van der Waals surface area contributed by atoms with Crippen molar-refractivity contribution in [2.24, 2.45) is 5.73 Å². The first-order chi connectivity index (χ1) is 8.40. The molecule has 0 radical (unpaired) electrons. The maximum atomic E-state index is 11.4. The van der Waals surface area contributed by atoms with Crippen LogP contribution in [0.3, 0.4) is 0 Å². The van der Waals surface area contributed by atoms with Crippen molar-refractivity contribution in [2.45, 2.75) is 12.8 Å². The molecule has 0 aliphatic heterocycles. The molecule has 0 atom stereocenters. The van der Waals surface area contributed by atoms with E-state index < -0.39 is 11.9 Å². The first kappa shape index (κ1) is 17.2. The number of halogens is 2. The maximum Gasteiger partial charge on any atom is 0.303 e. The summed E-state index contributed by atoms with van der Waals surface area (Å²) in [4.78, 5) is 21.7. The Kier molecular flexibility index (Phi) is 6.89. The number of hydrogen-bond donors (Lipinski definition) is 4. The van der Waals surface area contributed by atoms with Crippen LogP contribution >= 0.6 is 24.0 Å². The summed E-state index contributed by atoms with van der Waals surface area (Å²) >= 11 is 5.87. The summed E-state index contributed by atoms with van der Waals surface area (Å²) in [5, 5.41) is 18.4. The molecule has 0 spiro atoms.